The van der Waals surface area contributed by atoms with E-state index in [-0.39, 0.29) is 45.5 Å². The number of hydrogen-bond donors (Lipinski definition) is 2. The molecule has 0 amide bonds. The van der Waals surface area contributed by atoms with Gasteiger partial charge >= 0.3 is 0 Å². The van der Waals surface area contributed by atoms with E-state index in [1.807, 2.05) is 74.6 Å². The molecule has 0 saturated carbocycles. The van der Waals surface area contributed by atoms with Crippen LogP contribution in [0.1, 0.15) is 45.7 Å². The second-order valence-corrected chi connectivity index (χ2v) is 9.31. The molecule has 8 nitrogen and oxygen atoms in total. The molecule has 8 heteroatoms. The van der Waals surface area contributed by atoms with Gasteiger partial charge < -0.3 is 10.6 Å². The van der Waals surface area contributed by atoms with E-state index in [2.05, 4.69) is 21.0 Å². The van der Waals surface area contributed by atoms with Crippen molar-refractivity contribution in [1.82, 2.24) is 0 Å². The maximum atomic E-state index is 14.0. The number of nitrogens with one attached hydrogen (secondary N) is 2. The number of fused-ring (bicyclic) bond motifs is 2. The van der Waals surface area contributed by atoms with Crippen LogP contribution in [0.4, 0.5) is 22.7 Å². The highest BCUT2D eigenvalue weighted by atomic mass is 16.3. The SMILES string of the molecule is CC1C=CC=C(Nc2ccc(NC3=CC=CC(C)C=C3)c3c2C(=O)c2c(N=O)ccc(N=O)c2C3=O)C=C1. The number of rotatable bonds is 6. The summed E-state index contributed by atoms with van der Waals surface area (Å²) < 4.78 is 0. The van der Waals surface area contributed by atoms with Crippen molar-refractivity contribution in [2.45, 2.75) is 13.8 Å². The van der Waals surface area contributed by atoms with Crippen molar-refractivity contribution in [3.05, 3.63) is 128 Å². The van der Waals surface area contributed by atoms with Crippen LogP contribution in [-0.4, -0.2) is 11.6 Å². The fourth-order valence-electron chi connectivity index (χ4n) is 4.62. The summed E-state index contributed by atoms with van der Waals surface area (Å²) in [6.45, 7) is 4.09. The van der Waals surface area contributed by atoms with Gasteiger partial charge in [0.25, 0.3) is 0 Å². The lowest BCUT2D eigenvalue weighted by Gasteiger charge is -2.25. The Kier molecular flexibility index (Phi) is 6.62. The van der Waals surface area contributed by atoms with Gasteiger partial charge in [-0.05, 0) is 70.8 Å². The normalized spacial score (nSPS) is 19.5. The first-order chi connectivity index (χ1) is 18.4. The molecule has 2 unspecified atom stereocenters. The minimum atomic E-state index is -0.595. The largest absolute Gasteiger partial charge is 0.355 e. The zero-order chi connectivity index (χ0) is 26.8. The Balaban J connectivity index is 1.70. The highest BCUT2D eigenvalue weighted by molar-refractivity contribution is 6.34. The average molecular weight is 505 g/mol. The highest BCUT2D eigenvalue weighted by Gasteiger charge is 2.38. The standard InChI is InChI=1S/C30H24N4O4/c1-17-5-3-7-19(11-9-17)31-21-13-14-22(32-20-8-4-6-18(2)10-12-20)26-25(21)29(35)27-23(33-37)15-16-24(34-38)28(27)30(26)36/h3-18,31-32H,1-2H3. The summed E-state index contributed by atoms with van der Waals surface area (Å²) in [6, 6.07) is 5.87. The predicted octanol–water partition coefficient (Wildman–Crippen LogP) is 7.37. The summed E-state index contributed by atoms with van der Waals surface area (Å²) in [7, 11) is 0. The number of benzene rings is 2. The third-order valence-electron chi connectivity index (χ3n) is 6.57. The molecule has 0 spiro atoms. The van der Waals surface area contributed by atoms with E-state index in [4.69, 9.17) is 0 Å². The van der Waals surface area contributed by atoms with Gasteiger partial charge in [0.2, 0.25) is 0 Å². The van der Waals surface area contributed by atoms with Crippen LogP contribution in [0.3, 0.4) is 0 Å². The number of carbonyl (C=O) groups is 2. The van der Waals surface area contributed by atoms with E-state index in [0.717, 1.165) is 0 Å². The molecule has 0 bridgehead atoms. The zero-order valence-electron chi connectivity index (χ0n) is 20.8. The van der Waals surface area contributed by atoms with Crippen LogP contribution < -0.4 is 10.6 Å². The summed E-state index contributed by atoms with van der Waals surface area (Å²) in [4.78, 5) is 51.2. The molecular weight excluding hydrogens is 480 g/mol. The maximum Gasteiger partial charge on any atom is 0.199 e. The number of allylic oxidation sites excluding steroid dienone is 10. The maximum absolute atomic E-state index is 14.0. The van der Waals surface area contributed by atoms with Crippen LogP contribution in [0.15, 0.2) is 107 Å². The van der Waals surface area contributed by atoms with Crippen LogP contribution in [-0.2, 0) is 0 Å². The van der Waals surface area contributed by atoms with E-state index >= 15 is 0 Å². The molecule has 0 fully saturated rings. The van der Waals surface area contributed by atoms with Gasteiger partial charge in [-0.2, -0.15) is 0 Å². The molecule has 2 atom stereocenters. The van der Waals surface area contributed by atoms with Gasteiger partial charge in [0, 0.05) is 11.4 Å². The van der Waals surface area contributed by atoms with Crippen molar-refractivity contribution in [2.75, 3.05) is 10.6 Å². The van der Waals surface area contributed by atoms with Crippen molar-refractivity contribution in [1.29, 1.82) is 0 Å². The fourth-order valence-corrected chi connectivity index (χ4v) is 4.62. The second-order valence-electron chi connectivity index (χ2n) is 9.31. The molecule has 0 saturated heterocycles. The van der Waals surface area contributed by atoms with E-state index < -0.39 is 11.6 Å². The quantitative estimate of drug-likeness (QED) is 0.338. The van der Waals surface area contributed by atoms with Gasteiger partial charge in [-0.3, -0.25) is 9.59 Å². The predicted molar refractivity (Wildman–Crippen MR) is 149 cm³/mol. The van der Waals surface area contributed by atoms with Crippen LogP contribution in [0.25, 0.3) is 0 Å². The van der Waals surface area contributed by atoms with Gasteiger partial charge in [0.15, 0.2) is 11.6 Å². The lowest BCUT2D eigenvalue weighted by molar-refractivity contribution is 0.0981. The van der Waals surface area contributed by atoms with Crippen molar-refractivity contribution in [3.63, 3.8) is 0 Å². The number of hydrogen-bond acceptors (Lipinski definition) is 8. The molecule has 2 aromatic carbocycles. The number of nitroso groups, excluding NO2 is 2. The second kappa shape index (κ2) is 10.2. The van der Waals surface area contributed by atoms with Gasteiger partial charge in [-0.15, -0.1) is 9.81 Å². The number of ketones is 2. The van der Waals surface area contributed by atoms with Crippen molar-refractivity contribution >= 4 is 34.3 Å². The average Bonchev–Trinajstić information content (AvgIpc) is 3.26. The highest BCUT2D eigenvalue weighted by Crippen LogP contribution is 2.43. The first-order valence-corrected chi connectivity index (χ1v) is 12.2. The zero-order valence-corrected chi connectivity index (χ0v) is 20.8. The molecule has 3 aliphatic rings. The molecule has 38 heavy (non-hydrogen) atoms. The van der Waals surface area contributed by atoms with Crippen LogP contribution in [0, 0.1) is 21.6 Å². The Labute approximate surface area is 219 Å². The molecule has 2 aromatic rings. The molecule has 0 aliphatic heterocycles. The van der Waals surface area contributed by atoms with Crippen molar-refractivity contribution < 1.29 is 9.59 Å². The van der Waals surface area contributed by atoms with E-state index in [9.17, 15) is 19.4 Å². The molecule has 2 N–H and O–H groups in total. The molecule has 0 heterocycles. The molecule has 188 valence electrons. The van der Waals surface area contributed by atoms with Crippen molar-refractivity contribution in [2.24, 2.45) is 22.2 Å². The monoisotopic (exact) mass is 504 g/mol. The Bertz CT molecular complexity index is 1460. The summed E-state index contributed by atoms with van der Waals surface area (Å²) in [6.07, 6.45) is 19.4. The molecule has 0 radical (unpaired) electrons. The first kappa shape index (κ1) is 24.7. The van der Waals surface area contributed by atoms with E-state index in [1.54, 1.807) is 12.1 Å². The minimum absolute atomic E-state index is 0.0816. The Morgan fingerprint density at radius 1 is 0.605 bits per heavy atom. The summed E-state index contributed by atoms with van der Waals surface area (Å²) >= 11 is 0. The van der Waals surface area contributed by atoms with Crippen LogP contribution >= 0.6 is 0 Å². The number of carbonyl (C=O) groups excluding carboxylic acids is 2. The van der Waals surface area contributed by atoms with Gasteiger partial charge in [-0.1, -0.05) is 50.3 Å². The summed E-state index contributed by atoms with van der Waals surface area (Å²) in [5.74, 6) is -0.729. The molecule has 5 rings (SSSR count). The number of anilines is 2. The summed E-state index contributed by atoms with van der Waals surface area (Å²) in [5, 5.41) is 12.4. The summed E-state index contributed by atoms with van der Waals surface area (Å²) in [5.41, 5.74) is 1.46. The molecular formula is C30H24N4O4. The minimum Gasteiger partial charge on any atom is -0.355 e. The smallest absolute Gasteiger partial charge is 0.199 e. The molecule has 3 aliphatic carbocycles. The van der Waals surface area contributed by atoms with Crippen LogP contribution in [0.5, 0.6) is 0 Å². The lowest BCUT2D eigenvalue weighted by Crippen LogP contribution is -2.24. The van der Waals surface area contributed by atoms with Gasteiger partial charge in [-0.25, -0.2) is 0 Å². The van der Waals surface area contributed by atoms with E-state index in [0.29, 0.717) is 22.8 Å². The topological polar surface area (TPSA) is 117 Å². The third-order valence-corrected chi connectivity index (χ3v) is 6.57. The third kappa shape index (κ3) is 4.48. The van der Waals surface area contributed by atoms with Gasteiger partial charge in [0.05, 0.1) is 33.6 Å². The van der Waals surface area contributed by atoms with Crippen molar-refractivity contribution in [3.8, 4) is 0 Å². The Hall–Kier alpha value is -4.98. The Morgan fingerprint density at radius 3 is 1.42 bits per heavy atom. The van der Waals surface area contributed by atoms with Crippen LogP contribution in [0.2, 0.25) is 0 Å². The fraction of sp³-hybridized carbons (Fsp3) is 0.133. The lowest BCUT2D eigenvalue weighted by atomic mass is 9.80. The Morgan fingerprint density at radius 2 is 1.03 bits per heavy atom. The first-order valence-electron chi connectivity index (χ1n) is 12.2. The number of nitrogens with zero attached hydrogens (tertiary/aromatic N) is 2. The molecule has 0 aromatic heterocycles. The van der Waals surface area contributed by atoms with E-state index in [1.165, 1.54) is 12.1 Å². The van der Waals surface area contributed by atoms with Gasteiger partial charge in [0.1, 0.15) is 11.4 Å².